The van der Waals surface area contributed by atoms with E-state index in [1.165, 1.54) is 7.11 Å². The Kier molecular flexibility index (Phi) is 4.78. The molecule has 1 saturated carbocycles. The molecule has 0 bridgehead atoms. The minimum Gasteiger partial charge on any atom is -0.495 e. The molecule has 0 saturated heterocycles. The molecule has 0 aromatic heterocycles. The highest BCUT2D eigenvalue weighted by atomic mass is 35.5. The zero-order chi connectivity index (χ0) is 14.8. The third kappa shape index (κ3) is 4.26. The van der Waals surface area contributed by atoms with Crippen LogP contribution in [-0.4, -0.2) is 33.9 Å². The number of halogens is 1. The van der Waals surface area contributed by atoms with E-state index in [4.69, 9.17) is 16.3 Å². The molecule has 0 amide bonds. The average molecular weight is 319 g/mol. The van der Waals surface area contributed by atoms with Gasteiger partial charge in [-0.05, 0) is 31.4 Å². The van der Waals surface area contributed by atoms with Crippen LogP contribution in [0.25, 0.3) is 0 Å². The van der Waals surface area contributed by atoms with Crippen molar-refractivity contribution in [2.24, 2.45) is 0 Å². The summed E-state index contributed by atoms with van der Waals surface area (Å²) in [4.78, 5) is 0. The number of aryl methyl sites for hydroxylation is 1. The second kappa shape index (κ2) is 6.20. The lowest BCUT2D eigenvalue weighted by Gasteiger charge is -2.13. The fourth-order valence-corrected chi connectivity index (χ4v) is 2.95. The van der Waals surface area contributed by atoms with Crippen LogP contribution in [0.3, 0.4) is 0 Å². The van der Waals surface area contributed by atoms with E-state index in [9.17, 15) is 8.42 Å². The number of methoxy groups -OCH3 is 1. The van der Waals surface area contributed by atoms with Crippen LogP contribution in [0.5, 0.6) is 5.75 Å². The Balaban J connectivity index is 2.04. The summed E-state index contributed by atoms with van der Waals surface area (Å²) in [5.41, 5.74) is 1.21. The highest BCUT2D eigenvalue weighted by Gasteiger charge is 2.21. The van der Waals surface area contributed by atoms with Gasteiger partial charge in [0.25, 0.3) is 0 Å². The van der Waals surface area contributed by atoms with Crippen molar-refractivity contribution in [1.29, 1.82) is 0 Å². The minimum atomic E-state index is -3.40. The summed E-state index contributed by atoms with van der Waals surface area (Å²) >= 11 is 5.99. The Bertz CT molecular complexity index is 586. The molecule has 20 heavy (non-hydrogen) atoms. The number of rotatable bonds is 7. The molecule has 1 aromatic carbocycles. The summed E-state index contributed by atoms with van der Waals surface area (Å²) in [7, 11) is -1.92. The van der Waals surface area contributed by atoms with Crippen LogP contribution in [-0.2, 0) is 10.0 Å². The maximum atomic E-state index is 12.0. The predicted octanol–water partition coefficient (Wildman–Crippen LogP) is 2.15. The summed E-state index contributed by atoms with van der Waals surface area (Å²) in [5.74, 6) is 0.452. The molecule has 1 fully saturated rings. The molecule has 7 heteroatoms. The van der Waals surface area contributed by atoms with Gasteiger partial charge < -0.3 is 10.1 Å². The third-order valence-electron chi connectivity index (χ3n) is 3.13. The highest BCUT2D eigenvalue weighted by Crippen LogP contribution is 2.31. The molecule has 0 unspecified atom stereocenters. The van der Waals surface area contributed by atoms with Crippen molar-refractivity contribution >= 4 is 27.3 Å². The monoisotopic (exact) mass is 318 g/mol. The SMILES string of the molecule is COc1cc(Cl)c(C)cc1NS(=O)(=O)CCNC1CC1. The lowest BCUT2D eigenvalue weighted by atomic mass is 10.2. The van der Waals surface area contributed by atoms with Gasteiger partial charge in [-0.2, -0.15) is 0 Å². The van der Waals surface area contributed by atoms with E-state index in [0.717, 1.165) is 18.4 Å². The van der Waals surface area contributed by atoms with Gasteiger partial charge in [-0.15, -0.1) is 0 Å². The van der Waals surface area contributed by atoms with E-state index in [1.54, 1.807) is 12.1 Å². The van der Waals surface area contributed by atoms with Gasteiger partial charge in [-0.1, -0.05) is 11.6 Å². The van der Waals surface area contributed by atoms with E-state index in [-0.39, 0.29) is 5.75 Å². The Morgan fingerprint density at radius 1 is 1.40 bits per heavy atom. The number of anilines is 1. The lowest BCUT2D eigenvalue weighted by molar-refractivity contribution is 0.417. The zero-order valence-electron chi connectivity index (χ0n) is 11.6. The summed E-state index contributed by atoms with van der Waals surface area (Å²) in [5, 5.41) is 3.72. The molecule has 0 atom stereocenters. The number of hydrogen-bond acceptors (Lipinski definition) is 4. The third-order valence-corrected chi connectivity index (χ3v) is 4.81. The Labute approximate surface area is 124 Å². The van der Waals surface area contributed by atoms with E-state index in [1.807, 2.05) is 6.92 Å². The van der Waals surface area contributed by atoms with Crippen LogP contribution in [0.4, 0.5) is 5.69 Å². The molecule has 5 nitrogen and oxygen atoms in total. The van der Waals surface area contributed by atoms with Crippen LogP contribution >= 0.6 is 11.6 Å². The van der Waals surface area contributed by atoms with Gasteiger partial charge >= 0.3 is 0 Å². The van der Waals surface area contributed by atoms with Gasteiger partial charge in [-0.25, -0.2) is 8.42 Å². The van der Waals surface area contributed by atoms with Crippen molar-refractivity contribution in [3.05, 3.63) is 22.7 Å². The predicted molar refractivity (Wildman–Crippen MR) is 81.2 cm³/mol. The largest absolute Gasteiger partial charge is 0.495 e. The topological polar surface area (TPSA) is 67.4 Å². The molecule has 2 N–H and O–H groups in total. The van der Waals surface area contributed by atoms with Crippen molar-refractivity contribution in [1.82, 2.24) is 5.32 Å². The van der Waals surface area contributed by atoms with Gasteiger partial charge in [-0.3, -0.25) is 4.72 Å². The number of nitrogens with one attached hydrogen (secondary N) is 2. The van der Waals surface area contributed by atoms with Crippen molar-refractivity contribution in [2.45, 2.75) is 25.8 Å². The number of sulfonamides is 1. The van der Waals surface area contributed by atoms with Gasteiger partial charge in [0.15, 0.2) is 0 Å². The number of hydrogen-bond donors (Lipinski definition) is 2. The molecule has 1 aliphatic carbocycles. The standard InChI is InChI=1S/C13H19ClN2O3S/c1-9-7-12(13(19-2)8-11(9)14)16-20(17,18)6-5-15-10-3-4-10/h7-8,10,15-16H,3-6H2,1-2H3. The summed E-state index contributed by atoms with van der Waals surface area (Å²) in [6.45, 7) is 2.27. The quantitative estimate of drug-likeness (QED) is 0.808. The molecule has 0 radical (unpaired) electrons. The van der Waals surface area contributed by atoms with Crippen molar-refractivity contribution in [3.63, 3.8) is 0 Å². The van der Waals surface area contributed by atoms with Crippen LogP contribution in [0, 0.1) is 6.92 Å². The highest BCUT2D eigenvalue weighted by molar-refractivity contribution is 7.92. The van der Waals surface area contributed by atoms with Gasteiger partial charge in [0.2, 0.25) is 10.0 Å². The molecular formula is C13H19ClN2O3S. The summed E-state index contributed by atoms with van der Waals surface area (Å²) < 4.78 is 31.8. The van der Waals surface area contributed by atoms with Crippen molar-refractivity contribution in [2.75, 3.05) is 24.1 Å². The first-order valence-corrected chi connectivity index (χ1v) is 8.52. The lowest BCUT2D eigenvalue weighted by Crippen LogP contribution is -2.28. The van der Waals surface area contributed by atoms with E-state index < -0.39 is 10.0 Å². The number of benzene rings is 1. The van der Waals surface area contributed by atoms with Gasteiger partial charge in [0.1, 0.15) is 5.75 Å². The van der Waals surface area contributed by atoms with Gasteiger partial charge in [0.05, 0.1) is 18.6 Å². The minimum absolute atomic E-state index is 0.0360. The van der Waals surface area contributed by atoms with E-state index in [2.05, 4.69) is 10.0 Å². The fourth-order valence-electron chi connectivity index (χ4n) is 1.82. The smallest absolute Gasteiger partial charge is 0.234 e. The first-order valence-electron chi connectivity index (χ1n) is 6.49. The second-order valence-corrected chi connectivity index (χ2v) is 7.20. The molecule has 112 valence electrons. The molecule has 2 rings (SSSR count). The van der Waals surface area contributed by atoms with Crippen molar-refractivity contribution < 1.29 is 13.2 Å². The normalized spacial score (nSPS) is 15.2. The maximum absolute atomic E-state index is 12.0. The Morgan fingerprint density at radius 2 is 2.10 bits per heavy atom. The van der Waals surface area contributed by atoms with Crippen LogP contribution in [0.1, 0.15) is 18.4 Å². The molecule has 1 aliphatic rings. The average Bonchev–Trinajstić information content (AvgIpc) is 3.17. The van der Waals surface area contributed by atoms with Crippen LogP contribution in [0.2, 0.25) is 5.02 Å². The van der Waals surface area contributed by atoms with Crippen LogP contribution < -0.4 is 14.8 Å². The first kappa shape index (κ1) is 15.4. The molecule has 0 aliphatic heterocycles. The summed E-state index contributed by atoms with van der Waals surface area (Å²) in [6, 6.07) is 3.78. The zero-order valence-corrected chi connectivity index (χ0v) is 13.1. The van der Waals surface area contributed by atoms with Gasteiger partial charge in [0, 0.05) is 23.7 Å². The Hall–Kier alpha value is -0.980. The maximum Gasteiger partial charge on any atom is 0.234 e. The molecular weight excluding hydrogens is 300 g/mol. The molecule has 0 heterocycles. The summed E-state index contributed by atoms with van der Waals surface area (Å²) in [6.07, 6.45) is 2.27. The fraction of sp³-hybridized carbons (Fsp3) is 0.538. The Morgan fingerprint density at radius 3 is 2.70 bits per heavy atom. The number of ether oxygens (including phenoxy) is 1. The van der Waals surface area contributed by atoms with E-state index >= 15 is 0 Å². The van der Waals surface area contributed by atoms with Crippen molar-refractivity contribution in [3.8, 4) is 5.75 Å². The molecule has 0 spiro atoms. The van der Waals surface area contributed by atoms with E-state index in [0.29, 0.717) is 29.0 Å². The first-order chi connectivity index (χ1) is 9.41. The molecule has 1 aromatic rings. The second-order valence-electron chi connectivity index (χ2n) is 4.95. The van der Waals surface area contributed by atoms with Crippen LogP contribution in [0.15, 0.2) is 12.1 Å².